The van der Waals surface area contributed by atoms with E-state index in [1.165, 1.54) is 5.56 Å². The summed E-state index contributed by atoms with van der Waals surface area (Å²) in [6.45, 7) is 6.56. The van der Waals surface area contributed by atoms with Gasteiger partial charge in [-0.25, -0.2) is 0 Å². The topological polar surface area (TPSA) is 47.0 Å². The van der Waals surface area contributed by atoms with E-state index >= 15 is 0 Å². The summed E-state index contributed by atoms with van der Waals surface area (Å²) in [6, 6.07) is 2.17. The first-order valence-electron chi connectivity index (χ1n) is 8.12. The molecule has 122 valence electrons. The number of nitrogens with zero attached hydrogens (tertiary/aromatic N) is 3. The zero-order chi connectivity index (χ0) is 15.4. The molecule has 0 radical (unpaired) electrons. The van der Waals surface area contributed by atoms with Gasteiger partial charge in [0.1, 0.15) is 0 Å². The van der Waals surface area contributed by atoms with Crippen LogP contribution < -0.4 is 0 Å². The molecule has 0 saturated carbocycles. The summed E-state index contributed by atoms with van der Waals surface area (Å²) in [5.41, 5.74) is 1.37. The number of hydrogen-bond donors (Lipinski definition) is 1. The summed E-state index contributed by atoms with van der Waals surface area (Å²) in [7, 11) is 0. The molecule has 5 nitrogen and oxygen atoms in total. The van der Waals surface area contributed by atoms with Gasteiger partial charge in [0.15, 0.2) is 0 Å². The smallest absolute Gasteiger partial charge is 0.236 e. The third-order valence-corrected chi connectivity index (χ3v) is 5.28. The lowest BCUT2D eigenvalue weighted by Gasteiger charge is -2.36. The fourth-order valence-electron chi connectivity index (χ4n) is 3.26. The van der Waals surface area contributed by atoms with Gasteiger partial charge in [-0.3, -0.25) is 14.6 Å². The predicted octanol–water partition coefficient (Wildman–Crippen LogP) is 0.849. The SMILES string of the molecule is O=C(CN1CCC[C@H](O)C1)N1CCN(Cc2ccsc2)CC1. The van der Waals surface area contributed by atoms with Gasteiger partial charge in [0.05, 0.1) is 12.6 Å². The molecule has 1 amide bonds. The number of thiophene rings is 1. The molecular weight excluding hydrogens is 298 g/mol. The molecular formula is C16H25N3O2S. The lowest BCUT2D eigenvalue weighted by atomic mass is 10.1. The number of aliphatic hydroxyl groups excluding tert-OH is 1. The minimum absolute atomic E-state index is 0.212. The molecule has 0 spiro atoms. The van der Waals surface area contributed by atoms with Crippen LogP contribution in [0.15, 0.2) is 16.8 Å². The average molecular weight is 323 g/mol. The largest absolute Gasteiger partial charge is 0.392 e. The van der Waals surface area contributed by atoms with Crippen LogP contribution >= 0.6 is 11.3 Å². The van der Waals surface area contributed by atoms with E-state index in [9.17, 15) is 9.90 Å². The molecule has 3 rings (SSSR count). The standard InChI is InChI=1S/C16H25N3O2S/c20-15-2-1-4-18(11-15)12-16(21)19-7-5-17(6-8-19)10-14-3-9-22-13-14/h3,9,13,15,20H,1-2,4-8,10-12H2/t15-/m0/s1. The lowest BCUT2D eigenvalue weighted by Crippen LogP contribution is -2.52. The summed E-state index contributed by atoms with van der Waals surface area (Å²) in [4.78, 5) is 18.9. The molecule has 2 aliphatic heterocycles. The second-order valence-corrected chi connectivity index (χ2v) is 7.10. The third-order valence-electron chi connectivity index (χ3n) is 4.55. The number of carbonyl (C=O) groups excluding carboxylic acids is 1. The Morgan fingerprint density at radius 3 is 2.73 bits per heavy atom. The number of aliphatic hydroxyl groups is 1. The predicted molar refractivity (Wildman–Crippen MR) is 87.9 cm³/mol. The summed E-state index contributed by atoms with van der Waals surface area (Å²) in [6.07, 6.45) is 1.60. The number of piperidine rings is 1. The molecule has 0 bridgehead atoms. The summed E-state index contributed by atoms with van der Waals surface area (Å²) >= 11 is 1.74. The van der Waals surface area contributed by atoms with Crippen molar-refractivity contribution < 1.29 is 9.90 Å². The number of amides is 1. The van der Waals surface area contributed by atoms with Crippen LogP contribution in [0.3, 0.4) is 0 Å². The Morgan fingerprint density at radius 1 is 1.23 bits per heavy atom. The molecule has 0 unspecified atom stereocenters. The van der Waals surface area contributed by atoms with Crippen molar-refractivity contribution >= 4 is 17.2 Å². The molecule has 1 N–H and O–H groups in total. The highest BCUT2D eigenvalue weighted by Crippen LogP contribution is 2.13. The van der Waals surface area contributed by atoms with Crippen LogP contribution in [0.2, 0.25) is 0 Å². The van der Waals surface area contributed by atoms with Gasteiger partial charge in [0.2, 0.25) is 5.91 Å². The minimum Gasteiger partial charge on any atom is -0.392 e. The van der Waals surface area contributed by atoms with Gasteiger partial charge in [-0.2, -0.15) is 11.3 Å². The number of piperazine rings is 1. The van der Waals surface area contributed by atoms with Crippen LogP contribution in [-0.4, -0.2) is 77.6 Å². The maximum atomic E-state index is 12.4. The van der Waals surface area contributed by atoms with Crippen molar-refractivity contribution in [3.63, 3.8) is 0 Å². The molecule has 3 heterocycles. The molecule has 1 atom stereocenters. The van der Waals surface area contributed by atoms with Gasteiger partial charge < -0.3 is 10.0 Å². The number of β-amino-alcohol motifs (C(OH)–C–C–N with tert-alkyl or cyclic N) is 1. The quantitative estimate of drug-likeness (QED) is 0.892. The van der Waals surface area contributed by atoms with E-state index in [-0.39, 0.29) is 12.0 Å². The van der Waals surface area contributed by atoms with Crippen LogP contribution in [0, 0.1) is 0 Å². The zero-order valence-electron chi connectivity index (χ0n) is 13.0. The first kappa shape index (κ1) is 15.9. The Hall–Kier alpha value is -0.950. The van der Waals surface area contributed by atoms with Crippen molar-refractivity contribution in [2.75, 3.05) is 45.8 Å². The van der Waals surface area contributed by atoms with Gasteiger partial charge in [-0.05, 0) is 41.8 Å². The molecule has 0 aromatic carbocycles. The van der Waals surface area contributed by atoms with E-state index in [0.717, 1.165) is 52.1 Å². The normalized spacial score (nSPS) is 24.6. The lowest BCUT2D eigenvalue weighted by molar-refractivity contribution is -0.134. The fraction of sp³-hybridized carbons (Fsp3) is 0.688. The molecule has 2 fully saturated rings. The maximum absolute atomic E-state index is 12.4. The number of carbonyl (C=O) groups is 1. The Bertz CT molecular complexity index is 472. The van der Waals surface area contributed by atoms with Crippen LogP contribution in [-0.2, 0) is 11.3 Å². The second-order valence-electron chi connectivity index (χ2n) is 6.32. The number of rotatable bonds is 4. The van der Waals surface area contributed by atoms with Crippen molar-refractivity contribution in [1.29, 1.82) is 0 Å². The minimum atomic E-state index is -0.260. The Balaban J connectivity index is 1.41. The maximum Gasteiger partial charge on any atom is 0.236 e. The van der Waals surface area contributed by atoms with Crippen LogP contribution in [0.1, 0.15) is 18.4 Å². The van der Waals surface area contributed by atoms with Crippen molar-refractivity contribution in [3.8, 4) is 0 Å². The van der Waals surface area contributed by atoms with E-state index in [0.29, 0.717) is 13.1 Å². The highest BCUT2D eigenvalue weighted by atomic mass is 32.1. The first-order chi connectivity index (χ1) is 10.7. The number of hydrogen-bond acceptors (Lipinski definition) is 5. The Morgan fingerprint density at radius 2 is 2.05 bits per heavy atom. The van der Waals surface area contributed by atoms with Gasteiger partial charge in [0, 0.05) is 39.3 Å². The zero-order valence-corrected chi connectivity index (χ0v) is 13.8. The monoisotopic (exact) mass is 323 g/mol. The third kappa shape index (κ3) is 4.29. The molecule has 0 aliphatic carbocycles. The molecule has 2 saturated heterocycles. The van der Waals surface area contributed by atoms with E-state index in [1.54, 1.807) is 11.3 Å². The van der Waals surface area contributed by atoms with E-state index in [4.69, 9.17) is 0 Å². The van der Waals surface area contributed by atoms with Gasteiger partial charge in [-0.1, -0.05) is 0 Å². The fourth-order valence-corrected chi connectivity index (χ4v) is 3.92. The second kappa shape index (κ2) is 7.55. The van der Waals surface area contributed by atoms with Crippen LogP contribution in [0.25, 0.3) is 0 Å². The first-order valence-corrected chi connectivity index (χ1v) is 9.06. The molecule has 1 aromatic rings. The van der Waals surface area contributed by atoms with E-state index < -0.39 is 0 Å². The van der Waals surface area contributed by atoms with E-state index in [2.05, 4.69) is 26.6 Å². The summed E-state index contributed by atoms with van der Waals surface area (Å²) in [5, 5.41) is 14.0. The average Bonchev–Trinajstić information content (AvgIpc) is 3.01. The summed E-state index contributed by atoms with van der Waals surface area (Å²) < 4.78 is 0. The van der Waals surface area contributed by atoms with Gasteiger partial charge in [0.25, 0.3) is 0 Å². The van der Waals surface area contributed by atoms with Crippen LogP contribution in [0.5, 0.6) is 0 Å². The highest BCUT2D eigenvalue weighted by molar-refractivity contribution is 7.07. The molecule has 6 heteroatoms. The van der Waals surface area contributed by atoms with Crippen LogP contribution in [0.4, 0.5) is 0 Å². The summed E-state index contributed by atoms with van der Waals surface area (Å²) in [5.74, 6) is 0.212. The molecule has 1 aromatic heterocycles. The van der Waals surface area contributed by atoms with Gasteiger partial charge >= 0.3 is 0 Å². The van der Waals surface area contributed by atoms with Crippen molar-refractivity contribution in [3.05, 3.63) is 22.4 Å². The molecule has 2 aliphatic rings. The molecule has 22 heavy (non-hydrogen) atoms. The Kier molecular flexibility index (Phi) is 5.46. The highest BCUT2D eigenvalue weighted by Gasteiger charge is 2.25. The van der Waals surface area contributed by atoms with Crippen molar-refractivity contribution in [2.45, 2.75) is 25.5 Å². The van der Waals surface area contributed by atoms with Crippen molar-refractivity contribution in [2.24, 2.45) is 0 Å². The van der Waals surface area contributed by atoms with Gasteiger partial charge in [-0.15, -0.1) is 0 Å². The number of likely N-dealkylation sites (tertiary alicyclic amines) is 1. The van der Waals surface area contributed by atoms with E-state index in [1.807, 2.05) is 4.90 Å². The Labute approximate surface area is 136 Å². The van der Waals surface area contributed by atoms with Crippen molar-refractivity contribution in [1.82, 2.24) is 14.7 Å².